The Balaban J connectivity index is 2.01. The molecule has 0 radical (unpaired) electrons. The second-order valence-corrected chi connectivity index (χ2v) is 12.6. The zero-order valence-corrected chi connectivity index (χ0v) is 25.4. The molecule has 0 aliphatic heterocycles. The van der Waals surface area contributed by atoms with E-state index in [0.29, 0.717) is 27.8 Å². The second-order valence-electron chi connectivity index (χ2n) is 9.93. The number of sulfonamides is 1. The van der Waals surface area contributed by atoms with Gasteiger partial charge in [-0.15, -0.1) is 0 Å². The molecule has 3 rings (SSSR count). The van der Waals surface area contributed by atoms with Gasteiger partial charge in [-0.3, -0.25) is 13.9 Å². The lowest BCUT2D eigenvalue weighted by Gasteiger charge is -2.32. The number of anilines is 1. The van der Waals surface area contributed by atoms with Crippen LogP contribution in [0, 0.1) is 5.92 Å². The lowest BCUT2D eigenvalue weighted by atomic mass is 10.1. The minimum atomic E-state index is -4.11. The van der Waals surface area contributed by atoms with Gasteiger partial charge in [-0.1, -0.05) is 80.4 Å². The maximum atomic E-state index is 13.9. The summed E-state index contributed by atoms with van der Waals surface area (Å²) < 4.78 is 28.7. The van der Waals surface area contributed by atoms with Gasteiger partial charge in [-0.05, 0) is 66.8 Å². The lowest BCUT2D eigenvalue weighted by molar-refractivity contribution is -0.139. The number of halogens is 2. The van der Waals surface area contributed by atoms with Crippen molar-refractivity contribution < 1.29 is 18.0 Å². The van der Waals surface area contributed by atoms with Gasteiger partial charge in [0.25, 0.3) is 10.0 Å². The molecule has 40 heavy (non-hydrogen) atoms. The van der Waals surface area contributed by atoms with Crippen molar-refractivity contribution in [3.8, 4) is 0 Å². The maximum absolute atomic E-state index is 13.9. The lowest BCUT2D eigenvalue weighted by Crippen LogP contribution is -2.51. The van der Waals surface area contributed by atoms with E-state index in [4.69, 9.17) is 23.2 Å². The van der Waals surface area contributed by atoms with Gasteiger partial charge in [-0.25, -0.2) is 8.42 Å². The molecule has 2 amide bonds. The number of rotatable bonds is 12. The zero-order chi connectivity index (χ0) is 29.4. The average molecular weight is 605 g/mol. The van der Waals surface area contributed by atoms with E-state index in [1.165, 1.54) is 17.0 Å². The van der Waals surface area contributed by atoms with Crippen molar-refractivity contribution in [2.75, 3.05) is 17.4 Å². The number of carbonyl (C=O) groups is 2. The summed E-state index contributed by atoms with van der Waals surface area (Å²) in [6, 6.07) is 19.1. The summed E-state index contributed by atoms with van der Waals surface area (Å²) in [5, 5.41) is 3.54. The molecule has 10 heteroatoms. The first-order valence-corrected chi connectivity index (χ1v) is 15.3. The van der Waals surface area contributed by atoms with Crippen LogP contribution in [0.15, 0.2) is 77.7 Å². The molecule has 0 saturated heterocycles. The van der Waals surface area contributed by atoms with E-state index >= 15 is 0 Å². The summed E-state index contributed by atoms with van der Waals surface area (Å²) in [6.45, 7) is 7.53. The first kappa shape index (κ1) is 31.5. The molecular formula is C30H35Cl2N3O4S. The van der Waals surface area contributed by atoms with Gasteiger partial charge in [0.15, 0.2) is 0 Å². The SMILES string of the molecule is CCc1ccc(N(CC(=O)N(Cc2ccc(Cl)c(Cl)c2)[C@@H](C)C(=O)NCC(C)C)S(=O)(=O)c2ccccc2)cc1. The Bertz CT molecular complexity index is 1410. The predicted octanol–water partition coefficient (Wildman–Crippen LogP) is 5.94. The fourth-order valence-corrected chi connectivity index (χ4v) is 5.77. The van der Waals surface area contributed by atoms with Crippen LogP contribution in [0.3, 0.4) is 0 Å². The molecule has 214 valence electrons. The Morgan fingerprint density at radius 3 is 2.08 bits per heavy atom. The van der Waals surface area contributed by atoms with Gasteiger partial charge in [0.1, 0.15) is 12.6 Å². The van der Waals surface area contributed by atoms with Gasteiger partial charge >= 0.3 is 0 Å². The number of nitrogens with zero attached hydrogens (tertiary/aromatic N) is 2. The van der Waals surface area contributed by atoms with E-state index in [9.17, 15) is 18.0 Å². The van der Waals surface area contributed by atoms with Crippen molar-refractivity contribution in [2.45, 2.75) is 51.6 Å². The van der Waals surface area contributed by atoms with Crippen molar-refractivity contribution >= 4 is 50.7 Å². The Morgan fingerprint density at radius 2 is 1.50 bits per heavy atom. The summed E-state index contributed by atoms with van der Waals surface area (Å²) in [4.78, 5) is 28.4. The number of hydrogen-bond acceptors (Lipinski definition) is 4. The number of hydrogen-bond donors (Lipinski definition) is 1. The number of benzene rings is 3. The fraction of sp³-hybridized carbons (Fsp3) is 0.333. The van der Waals surface area contributed by atoms with Crippen LogP contribution < -0.4 is 9.62 Å². The standard InChI is InChI=1S/C30H35Cl2N3O4S/c1-5-23-11-14-25(15-12-23)35(40(38,39)26-9-7-6-8-10-26)20-29(36)34(22(4)30(37)33-18-21(2)3)19-24-13-16-27(31)28(32)17-24/h6-17,21-22H,5,18-20H2,1-4H3,(H,33,37)/t22-/m0/s1. The highest BCUT2D eigenvalue weighted by Crippen LogP contribution is 2.26. The van der Waals surface area contributed by atoms with Crippen LogP contribution in [0.25, 0.3) is 0 Å². The van der Waals surface area contributed by atoms with E-state index in [0.717, 1.165) is 16.3 Å². The third-order valence-electron chi connectivity index (χ3n) is 6.43. The van der Waals surface area contributed by atoms with Crippen molar-refractivity contribution in [1.29, 1.82) is 0 Å². The molecule has 0 fully saturated rings. The van der Waals surface area contributed by atoms with Crippen LogP contribution >= 0.6 is 23.2 Å². The third kappa shape index (κ3) is 7.99. The molecule has 3 aromatic rings. The number of nitrogens with one attached hydrogen (secondary N) is 1. The Morgan fingerprint density at radius 1 is 0.875 bits per heavy atom. The van der Waals surface area contributed by atoms with Crippen LogP contribution in [0.1, 0.15) is 38.8 Å². The van der Waals surface area contributed by atoms with Crippen LogP contribution in [-0.2, 0) is 32.6 Å². The molecule has 1 N–H and O–H groups in total. The molecule has 0 aromatic heterocycles. The van der Waals surface area contributed by atoms with Gasteiger partial charge < -0.3 is 10.2 Å². The zero-order valence-electron chi connectivity index (χ0n) is 23.1. The number of amides is 2. The smallest absolute Gasteiger partial charge is 0.264 e. The van der Waals surface area contributed by atoms with E-state index in [-0.39, 0.29) is 23.3 Å². The summed E-state index contributed by atoms with van der Waals surface area (Å²) in [7, 11) is -4.11. The monoisotopic (exact) mass is 603 g/mol. The normalized spacial score (nSPS) is 12.2. The summed E-state index contributed by atoms with van der Waals surface area (Å²) in [6.07, 6.45) is 0.783. The minimum absolute atomic E-state index is 0.0278. The topological polar surface area (TPSA) is 86.8 Å². The third-order valence-corrected chi connectivity index (χ3v) is 8.96. The van der Waals surface area contributed by atoms with E-state index in [1.54, 1.807) is 55.5 Å². The molecule has 0 unspecified atom stereocenters. The van der Waals surface area contributed by atoms with Gasteiger partial charge in [0, 0.05) is 13.1 Å². The Hall–Kier alpha value is -3.07. The van der Waals surface area contributed by atoms with Gasteiger partial charge in [0.05, 0.1) is 20.6 Å². The van der Waals surface area contributed by atoms with E-state index < -0.39 is 28.5 Å². The van der Waals surface area contributed by atoms with E-state index in [1.807, 2.05) is 32.9 Å². The fourth-order valence-electron chi connectivity index (χ4n) is 4.02. The van der Waals surface area contributed by atoms with E-state index in [2.05, 4.69) is 5.32 Å². The Kier molecular flexibility index (Phi) is 11.0. The summed E-state index contributed by atoms with van der Waals surface area (Å²) in [5.74, 6) is -0.669. The molecule has 0 aliphatic carbocycles. The number of carbonyl (C=O) groups excluding carboxylic acids is 2. The maximum Gasteiger partial charge on any atom is 0.264 e. The molecule has 0 heterocycles. The van der Waals surface area contributed by atoms with Crippen LogP contribution in [0.5, 0.6) is 0 Å². The second kappa shape index (κ2) is 14.0. The predicted molar refractivity (Wildman–Crippen MR) is 161 cm³/mol. The van der Waals surface area contributed by atoms with Gasteiger partial charge in [0.2, 0.25) is 11.8 Å². The van der Waals surface area contributed by atoms with Crippen molar-refractivity contribution in [1.82, 2.24) is 10.2 Å². The molecular weight excluding hydrogens is 569 g/mol. The molecule has 1 atom stereocenters. The van der Waals surface area contributed by atoms with Gasteiger partial charge in [-0.2, -0.15) is 0 Å². The first-order valence-electron chi connectivity index (χ1n) is 13.1. The summed E-state index contributed by atoms with van der Waals surface area (Å²) in [5.41, 5.74) is 2.03. The molecule has 0 aliphatic rings. The molecule has 0 bridgehead atoms. The summed E-state index contributed by atoms with van der Waals surface area (Å²) >= 11 is 12.3. The van der Waals surface area contributed by atoms with Crippen molar-refractivity contribution in [2.24, 2.45) is 5.92 Å². The Labute approximate surface area is 247 Å². The molecule has 7 nitrogen and oxygen atoms in total. The van der Waals surface area contributed by atoms with Crippen molar-refractivity contribution in [3.63, 3.8) is 0 Å². The highest BCUT2D eigenvalue weighted by Gasteiger charge is 2.32. The van der Waals surface area contributed by atoms with Crippen LogP contribution in [0.4, 0.5) is 5.69 Å². The minimum Gasteiger partial charge on any atom is -0.354 e. The highest BCUT2D eigenvalue weighted by molar-refractivity contribution is 7.92. The molecule has 0 spiro atoms. The van der Waals surface area contributed by atoms with Crippen LogP contribution in [-0.4, -0.2) is 44.3 Å². The number of aryl methyl sites for hydroxylation is 1. The highest BCUT2D eigenvalue weighted by atomic mass is 35.5. The molecule has 0 saturated carbocycles. The quantitative estimate of drug-likeness (QED) is 0.277. The van der Waals surface area contributed by atoms with Crippen LogP contribution in [0.2, 0.25) is 10.0 Å². The largest absolute Gasteiger partial charge is 0.354 e. The van der Waals surface area contributed by atoms with Crippen molar-refractivity contribution in [3.05, 3.63) is 94.0 Å². The first-order chi connectivity index (χ1) is 18.9. The average Bonchev–Trinajstić information content (AvgIpc) is 2.95. The molecule has 3 aromatic carbocycles.